The minimum Gasteiger partial charge on any atom is -0.467 e. The fourth-order valence-electron chi connectivity index (χ4n) is 4.84. The van der Waals surface area contributed by atoms with Crippen LogP contribution in [0.3, 0.4) is 0 Å². The van der Waals surface area contributed by atoms with Crippen molar-refractivity contribution in [3.8, 4) is 5.75 Å². The van der Waals surface area contributed by atoms with Gasteiger partial charge in [0, 0.05) is 38.5 Å². The van der Waals surface area contributed by atoms with Crippen molar-refractivity contribution in [2.24, 2.45) is 17.8 Å². The molecule has 0 unspecified atom stereocenters. The molecule has 3 fully saturated rings. The lowest BCUT2D eigenvalue weighted by atomic mass is 9.60. The van der Waals surface area contributed by atoms with E-state index in [-0.39, 0.29) is 29.6 Å². The van der Waals surface area contributed by atoms with Gasteiger partial charge in [0.15, 0.2) is 5.72 Å². The van der Waals surface area contributed by atoms with E-state index in [1.54, 1.807) is 13.2 Å². The van der Waals surface area contributed by atoms with E-state index in [1.807, 2.05) is 18.2 Å². The minimum absolute atomic E-state index is 0.0135. The van der Waals surface area contributed by atoms with Gasteiger partial charge in [-0.2, -0.15) is 0 Å². The smallest absolute Gasteiger partial charge is 0.258 e. The highest BCUT2D eigenvalue weighted by Gasteiger charge is 2.57. The molecule has 2 amide bonds. The summed E-state index contributed by atoms with van der Waals surface area (Å²) in [6.45, 7) is 1.30. The Morgan fingerprint density at radius 1 is 1.38 bits per heavy atom. The molecule has 2 N–H and O–H groups in total. The predicted octanol–water partition coefficient (Wildman–Crippen LogP) is 2.09. The molecule has 1 aromatic rings. The molecule has 1 heterocycles. The largest absolute Gasteiger partial charge is 0.467 e. The number of amides is 2. The lowest BCUT2D eigenvalue weighted by molar-refractivity contribution is -0.146. The number of hydrogen-bond donors (Lipinski definition) is 2. The molecular weight excluding hydrogens is 332 g/mol. The Morgan fingerprint density at radius 3 is 3.00 bits per heavy atom. The lowest BCUT2D eigenvalue weighted by Gasteiger charge is -2.55. The first-order chi connectivity index (χ1) is 12.6. The molecule has 6 nitrogen and oxygen atoms in total. The molecule has 1 spiro atoms. The third-order valence-corrected chi connectivity index (χ3v) is 6.13. The van der Waals surface area contributed by atoms with Crippen LogP contribution < -0.4 is 15.4 Å². The van der Waals surface area contributed by atoms with Crippen LogP contribution in [0.5, 0.6) is 5.75 Å². The van der Waals surface area contributed by atoms with Gasteiger partial charge in [-0.3, -0.25) is 9.59 Å². The summed E-state index contributed by atoms with van der Waals surface area (Å²) in [6, 6.07) is 7.38. The van der Waals surface area contributed by atoms with Gasteiger partial charge in [-0.25, -0.2) is 0 Å². The van der Waals surface area contributed by atoms with E-state index in [0.29, 0.717) is 30.9 Å². The van der Waals surface area contributed by atoms with Crippen molar-refractivity contribution in [3.05, 3.63) is 29.8 Å². The van der Waals surface area contributed by atoms with Crippen LogP contribution in [0.4, 0.5) is 0 Å². The second-order valence-corrected chi connectivity index (χ2v) is 7.66. The van der Waals surface area contributed by atoms with Gasteiger partial charge in [-0.15, -0.1) is 0 Å². The molecule has 2 bridgehead atoms. The molecular formula is C20H26N2O4. The molecule has 6 heteroatoms. The number of nitrogens with one attached hydrogen (secondary N) is 2. The maximum atomic E-state index is 12.6. The summed E-state index contributed by atoms with van der Waals surface area (Å²) < 4.78 is 11.4. The SMILES string of the molecule is COCCCNC(=O)[C@H]1C[C@H]2CC[C@H]1C[C@@]21NC(=O)c2ccccc2O1. The Kier molecular flexibility index (Phi) is 4.61. The van der Waals surface area contributed by atoms with E-state index >= 15 is 0 Å². The number of benzene rings is 1. The van der Waals surface area contributed by atoms with Gasteiger partial charge >= 0.3 is 0 Å². The van der Waals surface area contributed by atoms with Crippen LogP contribution in [0, 0.1) is 17.8 Å². The molecule has 0 radical (unpaired) electrons. The van der Waals surface area contributed by atoms with Gasteiger partial charge in [0.05, 0.1) is 5.56 Å². The zero-order chi connectivity index (χ0) is 18.1. The van der Waals surface area contributed by atoms with Gasteiger partial charge in [0.2, 0.25) is 5.91 Å². The van der Waals surface area contributed by atoms with Crippen molar-refractivity contribution in [2.75, 3.05) is 20.3 Å². The van der Waals surface area contributed by atoms with Crippen LogP contribution in [0.2, 0.25) is 0 Å². The van der Waals surface area contributed by atoms with Crippen LogP contribution in [-0.4, -0.2) is 37.8 Å². The average Bonchev–Trinajstić information content (AvgIpc) is 2.65. The number of hydrogen-bond acceptors (Lipinski definition) is 4. The Balaban J connectivity index is 1.46. The fraction of sp³-hybridized carbons (Fsp3) is 0.600. The first kappa shape index (κ1) is 17.3. The second kappa shape index (κ2) is 6.91. The summed E-state index contributed by atoms with van der Waals surface area (Å²) >= 11 is 0. The second-order valence-electron chi connectivity index (χ2n) is 7.66. The van der Waals surface area contributed by atoms with E-state index in [1.165, 1.54) is 0 Å². The monoisotopic (exact) mass is 358 g/mol. The molecule has 140 valence electrons. The number of carbonyl (C=O) groups is 2. The minimum atomic E-state index is -0.652. The van der Waals surface area contributed by atoms with E-state index in [9.17, 15) is 9.59 Å². The van der Waals surface area contributed by atoms with Crippen LogP contribution in [0.25, 0.3) is 0 Å². The summed E-state index contributed by atoms with van der Waals surface area (Å²) in [5.74, 6) is 1.14. The van der Waals surface area contributed by atoms with Crippen molar-refractivity contribution in [1.29, 1.82) is 0 Å². The van der Waals surface area contributed by atoms with Crippen LogP contribution in [-0.2, 0) is 9.53 Å². The van der Waals surface area contributed by atoms with E-state index < -0.39 is 5.72 Å². The van der Waals surface area contributed by atoms with Gasteiger partial charge in [-0.05, 0) is 43.7 Å². The number of fused-ring (bicyclic) bond motifs is 3. The lowest BCUT2D eigenvalue weighted by Crippen LogP contribution is -2.66. The average molecular weight is 358 g/mol. The fourth-order valence-corrected chi connectivity index (χ4v) is 4.84. The third kappa shape index (κ3) is 2.96. The molecule has 0 aromatic heterocycles. The molecule has 4 aliphatic rings. The van der Waals surface area contributed by atoms with Crippen molar-refractivity contribution >= 4 is 11.8 Å². The molecule has 3 aliphatic carbocycles. The van der Waals surface area contributed by atoms with Gasteiger partial charge in [0.25, 0.3) is 5.91 Å². The van der Waals surface area contributed by atoms with Gasteiger partial charge < -0.3 is 20.1 Å². The summed E-state index contributed by atoms with van der Waals surface area (Å²) in [5.41, 5.74) is -0.0618. The highest BCUT2D eigenvalue weighted by atomic mass is 16.5. The van der Waals surface area contributed by atoms with E-state index in [2.05, 4.69) is 10.6 Å². The zero-order valence-corrected chi connectivity index (χ0v) is 15.1. The van der Waals surface area contributed by atoms with Crippen molar-refractivity contribution in [2.45, 2.75) is 37.8 Å². The Morgan fingerprint density at radius 2 is 2.23 bits per heavy atom. The van der Waals surface area contributed by atoms with Crippen LogP contribution in [0.1, 0.15) is 42.5 Å². The topological polar surface area (TPSA) is 76.7 Å². The highest BCUT2D eigenvalue weighted by molar-refractivity contribution is 5.98. The quantitative estimate of drug-likeness (QED) is 0.791. The molecule has 5 rings (SSSR count). The first-order valence-corrected chi connectivity index (χ1v) is 9.50. The maximum Gasteiger partial charge on any atom is 0.258 e. The Labute approximate surface area is 153 Å². The van der Waals surface area contributed by atoms with Gasteiger partial charge in [-0.1, -0.05) is 12.1 Å². The molecule has 4 atom stereocenters. The number of para-hydroxylation sites is 1. The molecule has 0 saturated heterocycles. The Hall–Kier alpha value is -2.08. The van der Waals surface area contributed by atoms with Gasteiger partial charge in [0.1, 0.15) is 5.75 Å². The Bertz CT molecular complexity index is 707. The first-order valence-electron chi connectivity index (χ1n) is 9.50. The van der Waals surface area contributed by atoms with E-state index in [0.717, 1.165) is 25.7 Å². The number of ether oxygens (including phenoxy) is 2. The highest BCUT2D eigenvalue weighted by Crippen LogP contribution is 2.52. The van der Waals surface area contributed by atoms with Crippen molar-refractivity contribution in [1.82, 2.24) is 10.6 Å². The standard InChI is InChI=1S/C20H26N2O4/c1-25-10-4-9-21-18(23)16-11-14-8-7-13(16)12-20(14)22-19(24)15-5-2-3-6-17(15)26-20/h2-3,5-6,13-14,16H,4,7-12H2,1H3,(H,21,23)(H,22,24)/t13-,14+,16-,20-/m0/s1. The maximum absolute atomic E-state index is 12.6. The summed E-state index contributed by atoms with van der Waals surface area (Å²) in [7, 11) is 1.66. The zero-order valence-electron chi connectivity index (χ0n) is 15.1. The number of methoxy groups -OCH3 is 1. The molecule has 1 aliphatic heterocycles. The summed E-state index contributed by atoms with van der Waals surface area (Å²) in [4.78, 5) is 25.2. The van der Waals surface area contributed by atoms with Crippen LogP contribution >= 0.6 is 0 Å². The van der Waals surface area contributed by atoms with E-state index in [4.69, 9.17) is 9.47 Å². The third-order valence-electron chi connectivity index (χ3n) is 6.13. The van der Waals surface area contributed by atoms with Crippen LogP contribution in [0.15, 0.2) is 24.3 Å². The van der Waals surface area contributed by atoms with Crippen molar-refractivity contribution in [3.63, 3.8) is 0 Å². The molecule has 3 saturated carbocycles. The normalized spacial score (nSPS) is 31.9. The summed E-state index contributed by atoms with van der Waals surface area (Å²) in [6.07, 6.45) is 4.30. The summed E-state index contributed by atoms with van der Waals surface area (Å²) in [5, 5.41) is 6.17. The number of rotatable bonds is 5. The molecule has 26 heavy (non-hydrogen) atoms. The number of carbonyl (C=O) groups excluding carboxylic acids is 2. The van der Waals surface area contributed by atoms with Crippen molar-refractivity contribution < 1.29 is 19.1 Å². The predicted molar refractivity (Wildman–Crippen MR) is 95.7 cm³/mol. The molecule has 1 aromatic carbocycles.